The van der Waals surface area contributed by atoms with Crippen LogP contribution in [0.15, 0.2) is 0 Å². The first-order valence-corrected chi connectivity index (χ1v) is 4.86. The minimum atomic E-state index is 0.837. The van der Waals surface area contributed by atoms with Crippen molar-refractivity contribution in [1.82, 2.24) is 0 Å². The molecule has 1 fully saturated rings. The van der Waals surface area contributed by atoms with Gasteiger partial charge in [0.15, 0.2) is 0 Å². The van der Waals surface area contributed by atoms with E-state index in [1.807, 2.05) is 0 Å². The summed E-state index contributed by atoms with van der Waals surface area (Å²) in [4.78, 5) is 0. The zero-order valence-electron chi connectivity index (χ0n) is 6.53. The molecule has 1 radical (unpaired) electrons. The summed E-state index contributed by atoms with van der Waals surface area (Å²) in [5, 5.41) is 0. The van der Waals surface area contributed by atoms with Crippen molar-refractivity contribution in [2.24, 2.45) is 0 Å². The molecule has 59 valence electrons. The lowest BCUT2D eigenvalue weighted by Crippen LogP contribution is -2.03. The number of halogens is 1. The van der Waals surface area contributed by atoms with Crippen molar-refractivity contribution in [1.29, 1.82) is 0 Å². The first-order valence-electron chi connectivity index (χ1n) is 4.33. The highest BCUT2D eigenvalue weighted by Crippen LogP contribution is 2.29. The molecule has 1 aliphatic rings. The maximum absolute atomic E-state index is 5.61. The highest BCUT2D eigenvalue weighted by molar-refractivity contribution is 6.17. The zero-order valence-corrected chi connectivity index (χ0v) is 7.29. The Bertz CT molecular complexity index is 74.8. The molecule has 0 atom stereocenters. The summed E-state index contributed by atoms with van der Waals surface area (Å²) in [7, 11) is 0. The van der Waals surface area contributed by atoms with Gasteiger partial charge in [-0.25, -0.2) is 0 Å². The summed E-state index contributed by atoms with van der Waals surface area (Å²) in [5.74, 6) is 2.61. The fourth-order valence-electron chi connectivity index (χ4n) is 1.62. The summed E-state index contributed by atoms with van der Waals surface area (Å²) in [6.07, 6.45) is 9.56. The molecule has 10 heavy (non-hydrogen) atoms. The van der Waals surface area contributed by atoms with Crippen LogP contribution in [0, 0.1) is 5.92 Å². The van der Waals surface area contributed by atoms with Gasteiger partial charge in [-0.3, -0.25) is 0 Å². The Kier molecular flexibility index (Phi) is 4.20. The molecule has 0 saturated heterocycles. The first kappa shape index (κ1) is 8.39. The largest absolute Gasteiger partial charge is 0.127 e. The van der Waals surface area contributed by atoms with Gasteiger partial charge in [0, 0.05) is 5.88 Å². The second-order valence-corrected chi connectivity index (χ2v) is 3.48. The quantitative estimate of drug-likeness (QED) is 0.553. The molecule has 0 amide bonds. The molecule has 0 N–H and O–H groups in total. The summed E-state index contributed by atoms with van der Waals surface area (Å²) >= 11 is 5.61. The molecule has 0 aromatic rings. The second kappa shape index (κ2) is 5.01. The van der Waals surface area contributed by atoms with Crippen molar-refractivity contribution in [3.8, 4) is 0 Å². The molecule has 1 aliphatic carbocycles. The van der Waals surface area contributed by atoms with E-state index in [0.717, 1.165) is 5.88 Å². The van der Waals surface area contributed by atoms with Crippen LogP contribution in [0.3, 0.4) is 0 Å². The summed E-state index contributed by atoms with van der Waals surface area (Å²) in [6, 6.07) is 0. The lowest BCUT2D eigenvalue weighted by atomic mass is 9.86. The molecule has 0 spiro atoms. The van der Waals surface area contributed by atoms with Crippen LogP contribution in [0.25, 0.3) is 0 Å². The first-order chi connectivity index (χ1) is 4.93. The Balaban J connectivity index is 2.02. The van der Waals surface area contributed by atoms with Crippen LogP contribution >= 0.6 is 11.6 Å². The molecular weight excluding hydrogens is 144 g/mol. The van der Waals surface area contributed by atoms with Crippen LogP contribution in [0.4, 0.5) is 0 Å². The molecule has 0 aromatic carbocycles. The maximum atomic E-state index is 5.61. The summed E-state index contributed by atoms with van der Waals surface area (Å²) in [6.45, 7) is 0. The number of hydrogen-bond donors (Lipinski definition) is 0. The summed E-state index contributed by atoms with van der Waals surface area (Å²) < 4.78 is 0. The fraction of sp³-hybridized carbons (Fsp3) is 0.889. The molecule has 0 heterocycles. The van der Waals surface area contributed by atoms with Gasteiger partial charge in [-0.05, 0) is 31.6 Å². The molecule has 1 rings (SSSR count). The van der Waals surface area contributed by atoms with Gasteiger partial charge in [0.2, 0.25) is 0 Å². The van der Waals surface area contributed by atoms with E-state index in [0.29, 0.717) is 0 Å². The maximum Gasteiger partial charge on any atom is 0.0223 e. The Morgan fingerprint density at radius 3 is 2.40 bits per heavy atom. The Morgan fingerprint density at radius 1 is 1.10 bits per heavy atom. The van der Waals surface area contributed by atoms with Crippen molar-refractivity contribution < 1.29 is 0 Å². The van der Waals surface area contributed by atoms with Crippen LogP contribution in [0.2, 0.25) is 0 Å². The van der Waals surface area contributed by atoms with Crippen LogP contribution in [-0.2, 0) is 0 Å². The van der Waals surface area contributed by atoms with Crippen LogP contribution in [-0.4, -0.2) is 5.88 Å². The third kappa shape index (κ3) is 2.92. The van der Waals surface area contributed by atoms with E-state index in [1.54, 1.807) is 5.92 Å². The molecule has 0 unspecified atom stereocenters. The average molecular weight is 160 g/mol. The van der Waals surface area contributed by atoms with Gasteiger partial charge in [-0.2, -0.15) is 0 Å². The van der Waals surface area contributed by atoms with Gasteiger partial charge in [-0.1, -0.05) is 19.3 Å². The number of hydrogen-bond acceptors (Lipinski definition) is 0. The molecule has 0 aromatic heterocycles. The average Bonchev–Trinajstić information content (AvgIpc) is 2.03. The van der Waals surface area contributed by atoms with E-state index in [9.17, 15) is 0 Å². The molecular formula is C9H16Cl. The SMILES string of the molecule is ClCCC[C]1CCCCC1. The Morgan fingerprint density at radius 2 is 1.80 bits per heavy atom. The smallest absolute Gasteiger partial charge is 0.0223 e. The lowest BCUT2D eigenvalue weighted by molar-refractivity contribution is 0.503. The minimum Gasteiger partial charge on any atom is -0.127 e. The second-order valence-electron chi connectivity index (χ2n) is 3.10. The van der Waals surface area contributed by atoms with E-state index >= 15 is 0 Å². The van der Waals surface area contributed by atoms with Gasteiger partial charge < -0.3 is 0 Å². The Labute approximate surface area is 69.0 Å². The standard InChI is InChI=1S/C9H16Cl/c10-8-4-7-9-5-2-1-3-6-9/h1-8H2. The molecule has 0 nitrogen and oxygen atoms in total. The lowest BCUT2D eigenvalue weighted by Gasteiger charge is -2.19. The van der Waals surface area contributed by atoms with Gasteiger partial charge >= 0.3 is 0 Å². The molecule has 0 aliphatic heterocycles. The monoisotopic (exact) mass is 159 g/mol. The van der Waals surface area contributed by atoms with Crippen LogP contribution in [0.1, 0.15) is 44.9 Å². The van der Waals surface area contributed by atoms with Gasteiger partial charge in [-0.15, -0.1) is 11.6 Å². The predicted molar refractivity (Wildman–Crippen MR) is 46.3 cm³/mol. The van der Waals surface area contributed by atoms with Crippen molar-refractivity contribution in [2.75, 3.05) is 5.88 Å². The van der Waals surface area contributed by atoms with Gasteiger partial charge in [0.1, 0.15) is 0 Å². The van der Waals surface area contributed by atoms with E-state index < -0.39 is 0 Å². The van der Waals surface area contributed by atoms with Crippen molar-refractivity contribution in [3.05, 3.63) is 5.92 Å². The Hall–Kier alpha value is 0.290. The van der Waals surface area contributed by atoms with Crippen molar-refractivity contribution in [2.45, 2.75) is 44.9 Å². The van der Waals surface area contributed by atoms with Gasteiger partial charge in [0.05, 0.1) is 0 Å². The topological polar surface area (TPSA) is 0 Å². The molecule has 0 bridgehead atoms. The van der Waals surface area contributed by atoms with Crippen LogP contribution in [0.5, 0.6) is 0 Å². The van der Waals surface area contributed by atoms with Gasteiger partial charge in [0.25, 0.3) is 0 Å². The third-order valence-electron chi connectivity index (χ3n) is 2.22. The normalized spacial score (nSPS) is 21.3. The highest BCUT2D eigenvalue weighted by Gasteiger charge is 2.12. The third-order valence-corrected chi connectivity index (χ3v) is 2.49. The van der Waals surface area contributed by atoms with E-state index in [-0.39, 0.29) is 0 Å². The van der Waals surface area contributed by atoms with Crippen molar-refractivity contribution in [3.63, 3.8) is 0 Å². The van der Waals surface area contributed by atoms with E-state index in [4.69, 9.17) is 11.6 Å². The number of rotatable bonds is 3. The van der Waals surface area contributed by atoms with E-state index in [1.165, 1.54) is 44.9 Å². The van der Waals surface area contributed by atoms with E-state index in [2.05, 4.69) is 0 Å². The van der Waals surface area contributed by atoms with Crippen molar-refractivity contribution >= 4 is 11.6 Å². The molecule has 1 heteroatoms. The fourth-order valence-corrected chi connectivity index (χ4v) is 1.75. The summed E-state index contributed by atoms with van der Waals surface area (Å²) in [5.41, 5.74) is 0. The van der Waals surface area contributed by atoms with Crippen LogP contribution < -0.4 is 0 Å². The minimum absolute atomic E-state index is 0.837. The highest BCUT2D eigenvalue weighted by atomic mass is 35.5. The predicted octanol–water partition coefficient (Wildman–Crippen LogP) is 3.54. The number of alkyl halides is 1. The zero-order chi connectivity index (χ0) is 7.23. The molecule has 1 saturated carbocycles.